The van der Waals surface area contributed by atoms with Gasteiger partial charge < -0.3 is 4.90 Å². The van der Waals surface area contributed by atoms with E-state index in [1.165, 1.54) is 5.56 Å². The molecule has 3 aromatic rings. The molecule has 0 aliphatic carbocycles. The summed E-state index contributed by atoms with van der Waals surface area (Å²) in [6.45, 7) is 11.4. The maximum absolute atomic E-state index is 4.53. The van der Waals surface area contributed by atoms with E-state index in [0.717, 1.165) is 30.1 Å². The zero-order valence-electron chi connectivity index (χ0n) is 15.4. The third-order valence-electron chi connectivity index (χ3n) is 3.93. The Kier molecular flexibility index (Phi) is 5.26. The second-order valence-electron chi connectivity index (χ2n) is 7.29. The third-order valence-corrected chi connectivity index (χ3v) is 3.93. The van der Waals surface area contributed by atoms with Gasteiger partial charge in [-0.2, -0.15) is 0 Å². The molecule has 3 rings (SSSR count). The molecule has 0 amide bonds. The maximum atomic E-state index is 4.53. The van der Waals surface area contributed by atoms with Crippen molar-refractivity contribution in [1.29, 1.82) is 0 Å². The molecule has 1 aromatic carbocycles. The normalized spacial score (nSPS) is 11.6. The van der Waals surface area contributed by atoms with E-state index in [1.54, 1.807) is 6.33 Å². The standard InChI is InChI=1S/C19H26N6/c1-14(2)10-24(11-15(3)4)18-17-19(21-13-20-18)25(23-22-17)12-16-8-6-5-7-9-16/h5-9,13-15H,10-12H2,1-4H3. The summed E-state index contributed by atoms with van der Waals surface area (Å²) in [5.41, 5.74) is 2.74. The Morgan fingerprint density at radius 1 is 0.960 bits per heavy atom. The van der Waals surface area contributed by atoms with Crippen molar-refractivity contribution >= 4 is 17.0 Å². The molecule has 0 aliphatic heterocycles. The minimum atomic E-state index is 0.545. The second kappa shape index (κ2) is 7.59. The van der Waals surface area contributed by atoms with Crippen molar-refractivity contribution in [1.82, 2.24) is 25.0 Å². The molecule has 0 spiro atoms. The molecule has 2 aromatic heterocycles. The monoisotopic (exact) mass is 338 g/mol. The molecule has 132 valence electrons. The molecule has 6 heteroatoms. The van der Waals surface area contributed by atoms with E-state index < -0.39 is 0 Å². The lowest BCUT2D eigenvalue weighted by atomic mass is 10.1. The molecule has 0 saturated heterocycles. The number of fused-ring (bicyclic) bond motifs is 1. The van der Waals surface area contributed by atoms with Crippen LogP contribution >= 0.6 is 0 Å². The van der Waals surface area contributed by atoms with Crippen LogP contribution in [-0.2, 0) is 6.54 Å². The summed E-state index contributed by atoms with van der Waals surface area (Å²) in [5.74, 6) is 1.97. The quantitative estimate of drug-likeness (QED) is 0.661. The number of nitrogens with zero attached hydrogens (tertiary/aromatic N) is 6. The van der Waals surface area contributed by atoms with Crippen molar-refractivity contribution in [3.63, 3.8) is 0 Å². The summed E-state index contributed by atoms with van der Waals surface area (Å²) in [4.78, 5) is 11.3. The van der Waals surface area contributed by atoms with Crippen LogP contribution in [0.15, 0.2) is 36.7 Å². The number of hydrogen-bond acceptors (Lipinski definition) is 5. The fraction of sp³-hybridized carbons (Fsp3) is 0.474. The van der Waals surface area contributed by atoms with Crippen LogP contribution in [0.5, 0.6) is 0 Å². The van der Waals surface area contributed by atoms with Gasteiger partial charge in [0.1, 0.15) is 6.33 Å². The third kappa shape index (κ3) is 4.13. The summed E-state index contributed by atoms with van der Waals surface area (Å²) in [6, 6.07) is 10.2. The van der Waals surface area contributed by atoms with E-state index in [1.807, 2.05) is 22.9 Å². The van der Waals surface area contributed by atoms with Gasteiger partial charge in [0.25, 0.3) is 0 Å². The molecule has 25 heavy (non-hydrogen) atoms. The fourth-order valence-corrected chi connectivity index (χ4v) is 3.00. The van der Waals surface area contributed by atoms with Crippen LogP contribution < -0.4 is 4.90 Å². The highest BCUT2D eigenvalue weighted by molar-refractivity contribution is 5.82. The van der Waals surface area contributed by atoms with Crippen LogP contribution in [0.1, 0.15) is 33.3 Å². The molecule has 0 aliphatic rings. The van der Waals surface area contributed by atoms with Gasteiger partial charge in [0.15, 0.2) is 17.0 Å². The Labute approximate surface area is 148 Å². The Balaban J connectivity index is 1.96. The van der Waals surface area contributed by atoms with Crippen LogP contribution in [-0.4, -0.2) is 38.1 Å². The Morgan fingerprint density at radius 3 is 2.28 bits per heavy atom. The van der Waals surface area contributed by atoms with Crippen LogP contribution in [0, 0.1) is 11.8 Å². The minimum absolute atomic E-state index is 0.545. The molecular weight excluding hydrogens is 312 g/mol. The maximum Gasteiger partial charge on any atom is 0.184 e. The molecule has 0 bridgehead atoms. The minimum Gasteiger partial charge on any atom is -0.354 e. The summed E-state index contributed by atoms with van der Waals surface area (Å²) >= 11 is 0. The number of aromatic nitrogens is 5. The topological polar surface area (TPSA) is 59.7 Å². The summed E-state index contributed by atoms with van der Waals surface area (Å²) in [5, 5.41) is 8.73. The van der Waals surface area contributed by atoms with Crippen LogP contribution in [0.25, 0.3) is 11.2 Å². The van der Waals surface area contributed by atoms with Crippen LogP contribution in [0.4, 0.5) is 5.82 Å². The van der Waals surface area contributed by atoms with Gasteiger partial charge >= 0.3 is 0 Å². The highest BCUT2D eigenvalue weighted by atomic mass is 15.4. The average molecular weight is 338 g/mol. The predicted molar refractivity (Wildman–Crippen MR) is 101 cm³/mol. The lowest BCUT2D eigenvalue weighted by molar-refractivity contribution is 0.549. The van der Waals surface area contributed by atoms with E-state index in [-0.39, 0.29) is 0 Å². The van der Waals surface area contributed by atoms with Gasteiger partial charge in [0, 0.05) is 13.1 Å². The molecule has 0 unspecified atom stereocenters. The van der Waals surface area contributed by atoms with E-state index in [4.69, 9.17) is 0 Å². The van der Waals surface area contributed by atoms with Crippen LogP contribution in [0.3, 0.4) is 0 Å². The average Bonchev–Trinajstić information content (AvgIpc) is 2.97. The molecule has 0 radical (unpaired) electrons. The highest BCUT2D eigenvalue weighted by Crippen LogP contribution is 2.23. The van der Waals surface area contributed by atoms with Crippen LogP contribution in [0.2, 0.25) is 0 Å². The first-order valence-corrected chi connectivity index (χ1v) is 8.87. The largest absolute Gasteiger partial charge is 0.354 e. The molecular formula is C19H26N6. The number of benzene rings is 1. The fourth-order valence-electron chi connectivity index (χ4n) is 3.00. The Bertz CT molecular complexity index is 799. The van der Waals surface area contributed by atoms with Crippen molar-refractivity contribution in [2.45, 2.75) is 34.2 Å². The zero-order valence-corrected chi connectivity index (χ0v) is 15.4. The Hall–Kier alpha value is -2.50. The van der Waals surface area contributed by atoms with Crippen molar-refractivity contribution in [3.8, 4) is 0 Å². The van der Waals surface area contributed by atoms with Crippen molar-refractivity contribution in [2.75, 3.05) is 18.0 Å². The van der Waals surface area contributed by atoms with Gasteiger partial charge in [-0.05, 0) is 17.4 Å². The molecule has 6 nitrogen and oxygen atoms in total. The number of rotatable bonds is 7. The molecule has 0 fully saturated rings. The van der Waals surface area contributed by atoms with Gasteiger partial charge in [0.2, 0.25) is 0 Å². The summed E-state index contributed by atoms with van der Waals surface area (Å²) in [7, 11) is 0. The van der Waals surface area contributed by atoms with Gasteiger partial charge in [-0.25, -0.2) is 14.6 Å². The zero-order chi connectivity index (χ0) is 17.8. The first-order valence-electron chi connectivity index (χ1n) is 8.87. The van der Waals surface area contributed by atoms with Gasteiger partial charge in [-0.1, -0.05) is 63.2 Å². The van der Waals surface area contributed by atoms with E-state index in [9.17, 15) is 0 Å². The van der Waals surface area contributed by atoms with Gasteiger partial charge in [0.05, 0.1) is 6.54 Å². The predicted octanol–water partition coefficient (Wildman–Crippen LogP) is 3.39. The number of anilines is 1. The lowest BCUT2D eigenvalue weighted by Gasteiger charge is -2.27. The first kappa shape index (κ1) is 17.3. The Morgan fingerprint density at radius 2 is 1.64 bits per heavy atom. The summed E-state index contributed by atoms with van der Waals surface area (Å²) < 4.78 is 1.85. The van der Waals surface area contributed by atoms with E-state index in [0.29, 0.717) is 18.4 Å². The van der Waals surface area contributed by atoms with Gasteiger partial charge in [-0.15, -0.1) is 5.10 Å². The van der Waals surface area contributed by atoms with Gasteiger partial charge in [-0.3, -0.25) is 0 Å². The van der Waals surface area contributed by atoms with Crippen molar-refractivity contribution in [3.05, 3.63) is 42.2 Å². The highest BCUT2D eigenvalue weighted by Gasteiger charge is 2.19. The molecule has 0 saturated carbocycles. The SMILES string of the molecule is CC(C)CN(CC(C)C)c1ncnc2c1nnn2Cc1ccccc1. The van der Waals surface area contributed by atoms with Crippen molar-refractivity contribution < 1.29 is 0 Å². The molecule has 0 N–H and O–H groups in total. The van der Waals surface area contributed by atoms with E-state index >= 15 is 0 Å². The van der Waals surface area contributed by atoms with E-state index in [2.05, 4.69) is 65.0 Å². The smallest absolute Gasteiger partial charge is 0.184 e. The van der Waals surface area contributed by atoms with Crippen molar-refractivity contribution in [2.24, 2.45) is 11.8 Å². The number of hydrogen-bond donors (Lipinski definition) is 0. The second-order valence-corrected chi connectivity index (χ2v) is 7.29. The molecule has 0 atom stereocenters. The summed E-state index contributed by atoms with van der Waals surface area (Å²) in [6.07, 6.45) is 1.62. The first-order chi connectivity index (χ1) is 12.0. The lowest BCUT2D eigenvalue weighted by Crippen LogP contribution is -2.32. The molecule has 2 heterocycles.